The monoisotopic (exact) mass is 264 g/mol. The highest BCUT2D eigenvalue weighted by atomic mass is 32.2. The van der Waals surface area contributed by atoms with Gasteiger partial charge in [-0.3, -0.25) is 4.90 Å². The molecule has 1 heterocycles. The minimum atomic E-state index is 0.355. The van der Waals surface area contributed by atoms with Gasteiger partial charge in [0.15, 0.2) is 0 Å². The Morgan fingerprint density at radius 2 is 1.89 bits per heavy atom. The normalized spacial score (nSPS) is 19.9. The van der Waals surface area contributed by atoms with Crippen LogP contribution in [0.3, 0.4) is 0 Å². The van der Waals surface area contributed by atoms with E-state index < -0.39 is 0 Å². The SMILES string of the molecule is CSc1ccc(CN2CCC(C(C)N)CC2)cc1. The number of piperidine rings is 1. The van der Waals surface area contributed by atoms with E-state index in [9.17, 15) is 0 Å². The fourth-order valence-corrected chi connectivity index (χ4v) is 3.03. The van der Waals surface area contributed by atoms with Crippen molar-refractivity contribution in [1.82, 2.24) is 4.90 Å². The molecule has 0 spiro atoms. The Morgan fingerprint density at radius 3 is 2.39 bits per heavy atom. The molecule has 18 heavy (non-hydrogen) atoms. The number of rotatable bonds is 4. The maximum atomic E-state index is 5.98. The summed E-state index contributed by atoms with van der Waals surface area (Å²) in [5, 5.41) is 0. The molecule has 0 aliphatic carbocycles. The standard InChI is InChI=1S/C15H24N2S/c1-12(16)14-7-9-17(10-8-14)11-13-3-5-15(18-2)6-4-13/h3-6,12,14H,7-11,16H2,1-2H3. The predicted octanol–water partition coefficient (Wildman–Crippen LogP) is 2.97. The van der Waals surface area contributed by atoms with Crippen molar-refractivity contribution in [3.05, 3.63) is 29.8 Å². The highest BCUT2D eigenvalue weighted by molar-refractivity contribution is 7.98. The third kappa shape index (κ3) is 3.74. The van der Waals surface area contributed by atoms with Crippen LogP contribution in [0.25, 0.3) is 0 Å². The number of thioether (sulfide) groups is 1. The average molecular weight is 264 g/mol. The first-order chi connectivity index (χ1) is 8.69. The molecule has 1 aromatic carbocycles. The molecule has 1 atom stereocenters. The number of benzene rings is 1. The van der Waals surface area contributed by atoms with Gasteiger partial charge in [-0.2, -0.15) is 0 Å². The second kappa shape index (κ2) is 6.60. The maximum Gasteiger partial charge on any atom is 0.0233 e. The van der Waals surface area contributed by atoms with E-state index in [0.29, 0.717) is 6.04 Å². The van der Waals surface area contributed by atoms with E-state index in [-0.39, 0.29) is 0 Å². The van der Waals surface area contributed by atoms with Crippen LogP contribution in [0.15, 0.2) is 29.2 Å². The summed E-state index contributed by atoms with van der Waals surface area (Å²) in [6, 6.07) is 9.30. The highest BCUT2D eigenvalue weighted by Gasteiger charge is 2.21. The molecule has 0 saturated carbocycles. The third-order valence-corrected chi connectivity index (χ3v) is 4.68. The van der Waals surface area contributed by atoms with Crippen molar-refractivity contribution in [3.63, 3.8) is 0 Å². The Bertz CT molecular complexity index is 353. The Morgan fingerprint density at radius 1 is 1.28 bits per heavy atom. The van der Waals surface area contributed by atoms with Gasteiger partial charge in [0.25, 0.3) is 0 Å². The van der Waals surface area contributed by atoms with Crippen molar-refractivity contribution >= 4 is 11.8 Å². The summed E-state index contributed by atoms with van der Waals surface area (Å²) < 4.78 is 0. The summed E-state index contributed by atoms with van der Waals surface area (Å²) in [5.41, 5.74) is 7.40. The summed E-state index contributed by atoms with van der Waals surface area (Å²) in [7, 11) is 0. The summed E-state index contributed by atoms with van der Waals surface area (Å²) in [5.74, 6) is 0.722. The molecule has 1 aliphatic rings. The van der Waals surface area contributed by atoms with E-state index in [4.69, 9.17) is 5.73 Å². The van der Waals surface area contributed by atoms with Crippen LogP contribution < -0.4 is 5.73 Å². The van der Waals surface area contributed by atoms with Crippen LogP contribution in [0.5, 0.6) is 0 Å². The van der Waals surface area contributed by atoms with Crippen molar-refractivity contribution in [3.8, 4) is 0 Å². The quantitative estimate of drug-likeness (QED) is 0.848. The lowest BCUT2D eigenvalue weighted by Gasteiger charge is -2.33. The molecular weight excluding hydrogens is 240 g/mol. The Hall–Kier alpha value is -0.510. The van der Waals surface area contributed by atoms with E-state index in [1.54, 1.807) is 11.8 Å². The Balaban J connectivity index is 1.83. The van der Waals surface area contributed by atoms with Crippen LogP contribution in [0.2, 0.25) is 0 Å². The molecule has 1 unspecified atom stereocenters. The van der Waals surface area contributed by atoms with Crippen molar-refractivity contribution in [2.75, 3.05) is 19.3 Å². The molecule has 1 saturated heterocycles. The second-order valence-corrected chi connectivity index (χ2v) is 6.20. The van der Waals surface area contributed by atoms with Gasteiger partial charge in [0.2, 0.25) is 0 Å². The number of nitrogens with zero attached hydrogens (tertiary/aromatic N) is 1. The molecule has 2 N–H and O–H groups in total. The van der Waals surface area contributed by atoms with Crippen LogP contribution in [0, 0.1) is 5.92 Å². The van der Waals surface area contributed by atoms with Gasteiger partial charge in [0.05, 0.1) is 0 Å². The van der Waals surface area contributed by atoms with Crippen LogP contribution in [-0.4, -0.2) is 30.3 Å². The molecule has 1 aromatic rings. The molecule has 0 aromatic heterocycles. The number of nitrogens with two attached hydrogens (primary N) is 1. The first kappa shape index (κ1) is 13.9. The Kier molecular flexibility index (Phi) is 5.10. The first-order valence-electron chi connectivity index (χ1n) is 6.80. The summed E-state index contributed by atoms with van der Waals surface area (Å²) in [6.07, 6.45) is 4.62. The van der Waals surface area contributed by atoms with Crippen LogP contribution >= 0.6 is 11.8 Å². The van der Waals surface area contributed by atoms with Crippen molar-refractivity contribution < 1.29 is 0 Å². The van der Waals surface area contributed by atoms with E-state index in [1.807, 2.05) is 0 Å². The zero-order valence-electron chi connectivity index (χ0n) is 11.4. The van der Waals surface area contributed by atoms with E-state index in [2.05, 4.69) is 42.3 Å². The molecule has 100 valence electrons. The van der Waals surface area contributed by atoms with Gasteiger partial charge in [0.1, 0.15) is 0 Å². The molecule has 1 aliphatic heterocycles. The van der Waals surface area contributed by atoms with Gasteiger partial charge in [-0.05, 0) is 62.7 Å². The van der Waals surface area contributed by atoms with Gasteiger partial charge >= 0.3 is 0 Å². The second-order valence-electron chi connectivity index (χ2n) is 5.32. The lowest BCUT2D eigenvalue weighted by atomic mass is 9.91. The summed E-state index contributed by atoms with van der Waals surface area (Å²) in [4.78, 5) is 3.89. The molecule has 0 bridgehead atoms. The van der Waals surface area contributed by atoms with Crippen molar-refractivity contribution in [1.29, 1.82) is 0 Å². The smallest absolute Gasteiger partial charge is 0.0233 e. The number of hydrogen-bond acceptors (Lipinski definition) is 3. The fourth-order valence-electron chi connectivity index (χ4n) is 2.63. The molecule has 2 nitrogen and oxygen atoms in total. The zero-order valence-corrected chi connectivity index (χ0v) is 12.2. The third-order valence-electron chi connectivity index (χ3n) is 3.94. The van der Waals surface area contributed by atoms with Crippen LogP contribution in [0.1, 0.15) is 25.3 Å². The van der Waals surface area contributed by atoms with Crippen molar-refractivity contribution in [2.24, 2.45) is 11.7 Å². The zero-order chi connectivity index (χ0) is 13.0. The van der Waals surface area contributed by atoms with Crippen LogP contribution in [-0.2, 0) is 6.54 Å². The average Bonchev–Trinajstić information content (AvgIpc) is 2.40. The minimum absolute atomic E-state index is 0.355. The highest BCUT2D eigenvalue weighted by Crippen LogP contribution is 2.22. The predicted molar refractivity (Wildman–Crippen MR) is 79.9 cm³/mol. The van der Waals surface area contributed by atoms with Gasteiger partial charge in [0, 0.05) is 17.5 Å². The van der Waals surface area contributed by atoms with Gasteiger partial charge in [-0.25, -0.2) is 0 Å². The minimum Gasteiger partial charge on any atom is -0.328 e. The lowest BCUT2D eigenvalue weighted by molar-refractivity contribution is 0.165. The first-order valence-corrected chi connectivity index (χ1v) is 8.02. The topological polar surface area (TPSA) is 29.3 Å². The van der Waals surface area contributed by atoms with E-state index in [0.717, 1.165) is 12.5 Å². The Labute approximate surface area is 115 Å². The summed E-state index contributed by atoms with van der Waals surface area (Å²) >= 11 is 1.80. The molecule has 3 heteroatoms. The van der Waals surface area contributed by atoms with Crippen molar-refractivity contribution in [2.45, 2.75) is 37.2 Å². The molecule has 0 amide bonds. The lowest BCUT2D eigenvalue weighted by Crippen LogP contribution is -2.39. The number of likely N-dealkylation sites (tertiary alicyclic amines) is 1. The molecule has 1 fully saturated rings. The van der Waals surface area contributed by atoms with Gasteiger partial charge in [-0.1, -0.05) is 12.1 Å². The number of hydrogen-bond donors (Lipinski definition) is 1. The maximum absolute atomic E-state index is 5.98. The molecular formula is C15H24N2S. The molecule has 2 rings (SSSR count). The van der Waals surface area contributed by atoms with Gasteiger partial charge < -0.3 is 5.73 Å². The largest absolute Gasteiger partial charge is 0.328 e. The van der Waals surface area contributed by atoms with Gasteiger partial charge in [-0.15, -0.1) is 11.8 Å². The van der Waals surface area contributed by atoms with E-state index in [1.165, 1.54) is 36.4 Å². The van der Waals surface area contributed by atoms with E-state index >= 15 is 0 Å². The summed E-state index contributed by atoms with van der Waals surface area (Å²) in [6.45, 7) is 5.61. The molecule has 0 radical (unpaired) electrons. The van der Waals surface area contributed by atoms with Crippen LogP contribution in [0.4, 0.5) is 0 Å². The fraction of sp³-hybridized carbons (Fsp3) is 0.600.